The van der Waals surface area contributed by atoms with Crippen molar-refractivity contribution in [2.75, 3.05) is 17.7 Å². The van der Waals surface area contributed by atoms with Crippen molar-refractivity contribution in [1.82, 2.24) is 20.2 Å². The molecule has 1 heterocycles. The highest BCUT2D eigenvalue weighted by Crippen LogP contribution is 2.26. The number of halogens is 2. The van der Waals surface area contributed by atoms with E-state index in [2.05, 4.69) is 15.5 Å². The van der Waals surface area contributed by atoms with Crippen molar-refractivity contribution in [3.05, 3.63) is 23.8 Å². The van der Waals surface area contributed by atoms with Crippen LogP contribution in [-0.2, 0) is 10.8 Å². The molecule has 9 heteroatoms. The average Bonchev–Trinajstić information content (AvgIpc) is 2.81. The lowest BCUT2D eigenvalue weighted by molar-refractivity contribution is 0.518. The van der Waals surface area contributed by atoms with Crippen molar-refractivity contribution >= 4 is 16.5 Å². The summed E-state index contributed by atoms with van der Waals surface area (Å²) in [6.45, 7) is 1.76. The van der Waals surface area contributed by atoms with Gasteiger partial charge in [-0.15, -0.1) is 5.10 Å². The average molecular weight is 301 g/mol. The first kappa shape index (κ1) is 14.5. The first-order valence-corrected chi connectivity index (χ1v) is 7.45. The Balaban J connectivity index is 2.47. The number of nitrogens with two attached hydrogens (primary N) is 1. The van der Waals surface area contributed by atoms with Crippen LogP contribution in [-0.4, -0.2) is 36.4 Å². The van der Waals surface area contributed by atoms with Gasteiger partial charge in [0.2, 0.25) is 0 Å². The molecule has 0 saturated heterocycles. The zero-order valence-electron chi connectivity index (χ0n) is 10.9. The number of nitrogens with zero attached hydrogens (tertiary/aromatic N) is 4. The van der Waals surface area contributed by atoms with E-state index in [1.54, 1.807) is 13.2 Å². The van der Waals surface area contributed by atoms with Crippen LogP contribution < -0.4 is 5.73 Å². The second-order valence-electron chi connectivity index (χ2n) is 4.39. The molecule has 1 aromatic heterocycles. The molecule has 108 valence electrons. The van der Waals surface area contributed by atoms with Crippen molar-refractivity contribution in [3.63, 3.8) is 0 Å². The molecule has 2 atom stereocenters. The van der Waals surface area contributed by atoms with E-state index in [9.17, 15) is 13.0 Å². The van der Waals surface area contributed by atoms with Crippen LogP contribution in [0.3, 0.4) is 0 Å². The van der Waals surface area contributed by atoms with Crippen LogP contribution in [0.25, 0.3) is 11.4 Å². The SMILES string of the molecule is CC(CS(C)=O)n1nnnc1-c1cc(N)c(F)cc1F. The van der Waals surface area contributed by atoms with Gasteiger partial charge in [-0.25, -0.2) is 13.5 Å². The fourth-order valence-electron chi connectivity index (χ4n) is 1.82. The van der Waals surface area contributed by atoms with E-state index in [0.717, 1.165) is 6.07 Å². The van der Waals surface area contributed by atoms with E-state index in [-0.39, 0.29) is 23.1 Å². The van der Waals surface area contributed by atoms with Gasteiger partial charge in [0.25, 0.3) is 0 Å². The Kier molecular flexibility index (Phi) is 4.07. The minimum atomic E-state index is -1.05. The molecular formula is C11H13F2N5OS. The van der Waals surface area contributed by atoms with Gasteiger partial charge in [0.1, 0.15) is 11.6 Å². The highest BCUT2D eigenvalue weighted by Gasteiger charge is 2.20. The number of hydrogen-bond acceptors (Lipinski definition) is 5. The van der Waals surface area contributed by atoms with Crippen LogP contribution in [0.2, 0.25) is 0 Å². The van der Waals surface area contributed by atoms with E-state index < -0.39 is 22.4 Å². The molecule has 0 saturated carbocycles. The summed E-state index contributed by atoms with van der Waals surface area (Å²) in [5, 5.41) is 11.0. The second-order valence-corrected chi connectivity index (χ2v) is 5.87. The highest BCUT2D eigenvalue weighted by molar-refractivity contribution is 7.84. The van der Waals surface area contributed by atoms with Crippen LogP contribution in [0.5, 0.6) is 0 Å². The fourth-order valence-corrected chi connectivity index (χ4v) is 2.64. The van der Waals surface area contributed by atoms with E-state index >= 15 is 0 Å². The van der Waals surface area contributed by atoms with Gasteiger partial charge in [-0.3, -0.25) is 4.21 Å². The van der Waals surface area contributed by atoms with Crippen LogP contribution in [0, 0.1) is 11.6 Å². The summed E-state index contributed by atoms with van der Waals surface area (Å²) >= 11 is 0. The highest BCUT2D eigenvalue weighted by atomic mass is 32.2. The minimum Gasteiger partial charge on any atom is -0.396 e. The summed E-state index contributed by atoms with van der Waals surface area (Å²) in [5.74, 6) is -1.21. The number of rotatable bonds is 4. The third kappa shape index (κ3) is 2.82. The van der Waals surface area contributed by atoms with Crippen LogP contribution in [0.1, 0.15) is 13.0 Å². The number of anilines is 1. The van der Waals surface area contributed by atoms with Gasteiger partial charge in [0, 0.05) is 28.9 Å². The summed E-state index contributed by atoms with van der Waals surface area (Å²) in [6, 6.07) is 1.53. The number of tetrazole rings is 1. The number of benzene rings is 1. The van der Waals surface area contributed by atoms with Gasteiger partial charge >= 0.3 is 0 Å². The Morgan fingerprint density at radius 1 is 1.40 bits per heavy atom. The van der Waals surface area contributed by atoms with Crippen molar-refractivity contribution in [3.8, 4) is 11.4 Å². The van der Waals surface area contributed by atoms with Crippen molar-refractivity contribution in [2.24, 2.45) is 0 Å². The number of hydrogen-bond donors (Lipinski definition) is 1. The van der Waals surface area contributed by atoms with Gasteiger partial charge in [-0.1, -0.05) is 0 Å². The van der Waals surface area contributed by atoms with Gasteiger partial charge < -0.3 is 5.73 Å². The van der Waals surface area contributed by atoms with Crippen molar-refractivity contribution in [2.45, 2.75) is 13.0 Å². The minimum absolute atomic E-state index is 0.00244. The van der Waals surface area contributed by atoms with Crippen LogP contribution in [0.15, 0.2) is 12.1 Å². The van der Waals surface area contributed by atoms with Crippen LogP contribution in [0.4, 0.5) is 14.5 Å². The maximum absolute atomic E-state index is 13.8. The van der Waals surface area contributed by atoms with Gasteiger partial charge in [-0.05, 0) is 23.4 Å². The number of nitrogen functional groups attached to an aromatic ring is 1. The molecule has 0 fully saturated rings. The molecule has 2 rings (SSSR count). The standard InChI is InChI=1S/C11H13F2N5OS/c1-6(5-20(2)19)18-11(15-16-17-18)7-3-10(14)9(13)4-8(7)12/h3-4,6H,5,14H2,1-2H3. The molecule has 0 spiro atoms. The van der Waals surface area contributed by atoms with Gasteiger partial charge in [0.05, 0.1) is 17.3 Å². The molecule has 0 radical (unpaired) electrons. The molecule has 0 aliphatic rings. The molecule has 20 heavy (non-hydrogen) atoms. The predicted molar refractivity (Wildman–Crippen MR) is 71.2 cm³/mol. The second kappa shape index (κ2) is 5.61. The summed E-state index contributed by atoms with van der Waals surface area (Å²) in [7, 11) is -1.05. The van der Waals surface area contributed by atoms with Crippen molar-refractivity contribution < 1.29 is 13.0 Å². The molecule has 0 aliphatic heterocycles. The molecular weight excluding hydrogens is 288 g/mol. The summed E-state index contributed by atoms with van der Waals surface area (Å²) in [4.78, 5) is 0. The quantitative estimate of drug-likeness (QED) is 0.856. The third-order valence-corrected chi connectivity index (χ3v) is 3.67. The number of aromatic nitrogens is 4. The smallest absolute Gasteiger partial charge is 0.185 e. The van der Waals surface area contributed by atoms with Crippen LogP contribution >= 0.6 is 0 Å². The summed E-state index contributed by atoms with van der Waals surface area (Å²) < 4.78 is 39.6. The molecule has 0 aliphatic carbocycles. The lowest BCUT2D eigenvalue weighted by Gasteiger charge is -2.12. The Hall–Kier alpha value is -1.90. The Labute approximate surface area is 116 Å². The first-order chi connectivity index (χ1) is 9.40. The predicted octanol–water partition coefficient (Wildman–Crippen LogP) is 1.14. The molecule has 2 unspecified atom stereocenters. The van der Waals surface area contributed by atoms with E-state index in [1.807, 2.05) is 0 Å². The first-order valence-electron chi connectivity index (χ1n) is 5.73. The lowest BCUT2D eigenvalue weighted by atomic mass is 10.1. The molecule has 2 aromatic rings. The molecule has 1 aromatic carbocycles. The van der Waals surface area contributed by atoms with Gasteiger partial charge in [0.15, 0.2) is 5.82 Å². The van der Waals surface area contributed by atoms with E-state index in [4.69, 9.17) is 5.73 Å². The zero-order valence-corrected chi connectivity index (χ0v) is 11.7. The largest absolute Gasteiger partial charge is 0.396 e. The maximum Gasteiger partial charge on any atom is 0.185 e. The molecule has 0 amide bonds. The van der Waals surface area contributed by atoms with Crippen molar-refractivity contribution in [1.29, 1.82) is 0 Å². The monoisotopic (exact) mass is 301 g/mol. The normalized spacial score (nSPS) is 14.2. The van der Waals surface area contributed by atoms with E-state index in [0.29, 0.717) is 11.8 Å². The summed E-state index contributed by atoms with van der Waals surface area (Å²) in [5.41, 5.74) is 5.24. The third-order valence-electron chi connectivity index (χ3n) is 2.71. The van der Waals surface area contributed by atoms with Gasteiger partial charge in [-0.2, -0.15) is 0 Å². The Morgan fingerprint density at radius 2 is 2.10 bits per heavy atom. The molecule has 0 bridgehead atoms. The van der Waals surface area contributed by atoms with E-state index in [1.165, 1.54) is 4.68 Å². The topological polar surface area (TPSA) is 86.7 Å². The summed E-state index contributed by atoms with van der Waals surface area (Å²) in [6.07, 6.45) is 1.55. The fraction of sp³-hybridized carbons (Fsp3) is 0.364. The lowest BCUT2D eigenvalue weighted by Crippen LogP contribution is -2.16. The zero-order chi connectivity index (χ0) is 14.9. The molecule has 2 N–H and O–H groups in total. The maximum atomic E-state index is 13.8. The Morgan fingerprint density at radius 3 is 2.75 bits per heavy atom. The Bertz CT molecular complexity index is 660. The molecule has 6 nitrogen and oxygen atoms in total.